The third-order valence-corrected chi connectivity index (χ3v) is 7.52. The minimum atomic E-state index is -0.898. The maximum atomic E-state index is 14.1. The largest absolute Gasteiger partial charge is 0.458 e. The van der Waals surface area contributed by atoms with Gasteiger partial charge in [0.15, 0.2) is 4.80 Å². The summed E-state index contributed by atoms with van der Waals surface area (Å²) < 4.78 is 12.2. The van der Waals surface area contributed by atoms with Crippen molar-refractivity contribution in [3.63, 3.8) is 0 Å². The number of thiazole rings is 1. The average molecular weight is 556 g/mol. The molecule has 0 saturated carbocycles. The van der Waals surface area contributed by atoms with Crippen LogP contribution in [0, 0.1) is 0 Å². The predicted molar refractivity (Wildman–Crippen MR) is 151 cm³/mol. The van der Waals surface area contributed by atoms with Crippen LogP contribution < -0.4 is 24.5 Å². The molecule has 2 aromatic carbocycles. The van der Waals surface area contributed by atoms with Crippen LogP contribution in [0.5, 0.6) is 5.75 Å². The molecule has 0 spiro atoms. The summed E-state index contributed by atoms with van der Waals surface area (Å²) in [5, 5.41) is 0. The third kappa shape index (κ3) is 4.52. The number of hydrogen-bond donors (Lipinski definition) is 0. The van der Waals surface area contributed by atoms with E-state index >= 15 is 0 Å². The lowest BCUT2D eigenvalue weighted by Crippen LogP contribution is -2.41. The Labute approximate surface area is 233 Å². The SMILES string of the molecule is C=CCOC(=O)C1=C(C)N=c2sc(=C3C(=O)N(CC=C)c4ccccc43)c(=O)n2C1c1ccc(OC(C)=O)cc1. The van der Waals surface area contributed by atoms with Gasteiger partial charge in [0.1, 0.15) is 16.9 Å². The number of amides is 1. The van der Waals surface area contributed by atoms with Crippen LogP contribution >= 0.6 is 11.3 Å². The number of para-hydroxylation sites is 1. The molecule has 1 atom stereocenters. The van der Waals surface area contributed by atoms with E-state index in [1.165, 1.54) is 17.6 Å². The van der Waals surface area contributed by atoms with Crippen LogP contribution in [0.2, 0.25) is 0 Å². The van der Waals surface area contributed by atoms with Crippen LogP contribution in [-0.4, -0.2) is 35.6 Å². The Kier molecular flexibility index (Phi) is 7.19. The van der Waals surface area contributed by atoms with Crippen molar-refractivity contribution in [1.29, 1.82) is 0 Å². The van der Waals surface area contributed by atoms with E-state index in [0.29, 0.717) is 33.1 Å². The Morgan fingerprint density at radius 3 is 2.48 bits per heavy atom. The number of nitrogens with zero attached hydrogens (tertiary/aromatic N) is 3. The molecule has 202 valence electrons. The zero-order valence-electron chi connectivity index (χ0n) is 21.9. The maximum absolute atomic E-state index is 14.1. The van der Waals surface area contributed by atoms with Gasteiger partial charge in [-0.3, -0.25) is 19.0 Å². The molecule has 0 aliphatic carbocycles. The van der Waals surface area contributed by atoms with Crippen LogP contribution in [0.15, 0.2) is 94.9 Å². The van der Waals surface area contributed by atoms with Crippen LogP contribution in [-0.2, 0) is 19.1 Å². The molecule has 0 radical (unpaired) electrons. The van der Waals surface area contributed by atoms with Gasteiger partial charge in [0.25, 0.3) is 11.5 Å². The molecular weight excluding hydrogens is 530 g/mol. The van der Waals surface area contributed by atoms with Crippen molar-refractivity contribution in [1.82, 2.24) is 4.57 Å². The number of anilines is 1. The van der Waals surface area contributed by atoms with E-state index in [9.17, 15) is 19.2 Å². The molecule has 5 rings (SSSR count). The molecule has 0 N–H and O–H groups in total. The summed E-state index contributed by atoms with van der Waals surface area (Å²) in [6, 6.07) is 12.9. The number of esters is 2. The quantitative estimate of drug-likeness (QED) is 0.252. The van der Waals surface area contributed by atoms with Crippen molar-refractivity contribution in [2.75, 3.05) is 18.1 Å². The lowest BCUT2D eigenvalue weighted by Gasteiger charge is -2.24. The standard InChI is InChI=1S/C30H25N3O6S/c1-5-15-32-22-10-8-7-9-21(22)24(27(32)35)26-28(36)33-25(19-11-13-20(14-12-19)39-18(4)34)23(29(37)38-16-6-2)17(3)31-30(33)40-26/h5-14,25H,1-2,15-16H2,3-4H3. The van der Waals surface area contributed by atoms with E-state index in [4.69, 9.17) is 9.47 Å². The summed E-state index contributed by atoms with van der Waals surface area (Å²) in [4.78, 5) is 58.9. The van der Waals surface area contributed by atoms with E-state index in [-0.39, 0.29) is 34.7 Å². The number of allylic oxidation sites excluding steroid dienone is 1. The Hall–Kier alpha value is -4.83. The average Bonchev–Trinajstić information content (AvgIpc) is 3.39. The summed E-state index contributed by atoms with van der Waals surface area (Å²) >= 11 is 1.09. The minimum absolute atomic E-state index is 0.0211. The van der Waals surface area contributed by atoms with Gasteiger partial charge >= 0.3 is 11.9 Å². The highest BCUT2D eigenvalue weighted by atomic mass is 32.1. The highest BCUT2D eigenvalue weighted by Gasteiger charge is 2.37. The van der Waals surface area contributed by atoms with Gasteiger partial charge in [0.2, 0.25) is 0 Å². The monoisotopic (exact) mass is 555 g/mol. The predicted octanol–water partition coefficient (Wildman–Crippen LogP) is 2.79. The van der Waals surface area contributed by atoms with Crippen molar-refractivity contribution in [3.8, 4) is 5.75 Å². The molecule has 0 bridgehead atoms. The first-order valence-electron chi connectivity index (χ1n) is 12.4. The lowest BCUT2D eigenvalue weighted by atomic mass is 9.96. The van der Waals surface area contributed by atoms with E-state index in [2.05, 4.69) is 18.2 Å². The second-order valence-corrected chi connectivity index (χ2v) is 10.0. The van der Waals surface area contributed by atoms with Gasteiger partial charge in [-0.2, -0.15) is 0 Å². The minimum Gasteiger partial charge on any atom is -0.458 e. The molecule has 9 nitrogen and oxygen atoms in total. The number of carbonyl (C=O) groups excluding carboxylic acids is 3. The fourth-order valence-corrected chi connectivity index (χ4v) is 5.99. The highest BCUT2D eigenvalue weighted by molar-refractivity contribution is 7.07. The first kappa shape index (κ1) is 26.8. The first-order chi connectivity index (χ1) is 19.3. The number of ether oxygens (including phenoxy) is 2. The van der Waals surface area contributed by atoms with Gasteiger partial charge in [-0.15, -0.1) is 6.58 Å². The normalized spacial score (nSPS) is 17.1. The number of aromatic nitrogens is 1. The molecule has 2 aliphatic heterocycles. The molecule has 1 unspecified atom stereocenters. The van der Waals surface area contributed by atoms with Crippen LogP contribution in [0.1, 0.15) is 31.0 Å². The number of fused-ring (bicyclic) bond motifs is 2. The van der Waals surface area contributed by atoms with Crippen molar-refractivity contribution in [2.24, 2.45) is 4.99 Å². The van der Waals surface area contributed by atoms with Gasteiger partial charge in [0, 0.05) is 19.0 Å². The van der Waals surface area contributed by atoms with Gasteiger partial charge < -0.3 is 14.4 Å². The van der Waals surface area contributed by atoms with Gasteiger partial charge in [-0.25, -0.2) is 9.79 Å². The van der Waals surface area contributed by atoms with Gasteiger partial charge in [0.05, 0.1) is 28.6 Å². The number of benzene rings is 2. The molecule has 2 aliphatic rings. The summed E-state index contributed by atoms with van der Waals surface area (Å²) in [5.74, 6) is -1.11. The Bertz CT molecular complexity index is 1800. The molecule has 3 heterocycles. The molecule has 3 aromatic rings. The summed E-state index contributed by atoms with van der Waals surface area (Å²) in [7, 11) is 0. The maximum Gasteiger partial charge on any atom is 0.338 e. The van der Waals surface area contributed by atoms with E-state index in [1.54, 1.807) is 48.2 Å². The fraction of sp³-hybridized carbons (Fsp3) is 0.167. The first-order valence-corrected chi connectivity index (χ1v) is 13.2. The zero-order valence-corrected chi connectivity index (χ0v) is 22.7. The van der Waals surface area contributed by atoms with E-state index in [0.717, 1.165) is 11.3 Å². The molecule has 0 fully saturated rings. The fourth-order valence-electron chi connectivity index (χ4n) is 4.85. The highest BCUT2D eigenvalue weighted by Crippen LogP contribution is 2.35. The summed E-state index contributed by atoms with van der Waals surface area (Å²) in [6.07, 6.45) is 3.08. The lowest BCUT2D eigenvalue weighted by molar-refractivity contribution is -0.138. The number of rotatable bonds is 7. The van der Waals surface area contributed by atoms with E-state index in [1.807, 2.05) is 18.2 Å². The second kappa shape index (κ2) is 10.7. The molecule has 1 amide bonds. The van der Waals surface area contributed by atoms with Crippen molar-refractivity contribution in [3.05, 3.63) is 116 Å². The Morgan fingerprint density at radius 2 is 1.80 bits per heavy atom. The second-order valence-electron chi connectivity index (χ2n) is 9.05. The zero-order chi connectivity index (χ0) is 28.6. The summed E-state index contributed by atoms with van der Waals surface area (Å²) in [5.41, 5.74) is 2.28. The Balaban J connectivity index is 1.76. The van der Waals surface area contributed by atoms with Crippen LogP contribution in [0.3, 0.4) is 0 Å². The van der Waals surface area contributed by atoms with Gasteiger partial charge in [-0.05, 0) is 30.7 Å². The third-order valence-electron chi connectivity index (χ3n) is 6.47. The van der Waals surface area contributed by atoms with Crippen LogP contribution in [0.25, 0.3) is 5.57 Å². The summed E-state index contributed by atoms with van der Waals surface area (Å²) in [6.45, 7) is 10.6. The number of hydrogen-bond acceptors (Lipinski definition) is 8. The van der Waals surface area contributed by atoms with Crippen molar-refractivity contribution in [2.45, 2.75) is 19.9 Å². The number of carbonyl (C=O) groups is 3. The van der Waals surface area contributed by atoms with E-state index < -0.39 is 23.5 Å². The van der Waals surface area contributed by atoms with Crippen molar-refractivity contribution >= 4 is 40.4 Å². The molecular formula is C30H25N3O6S. The van der Waals surface area contributed by atoms with Crippen LogP contribution in [0.4, 0.5) is 5.69 Å². The van der Waals surface area contributed by atoms with Crippen molar-refractivity contribution < 1.29 is 23.9 Å². The molecule has 40 heavy (non-hydrogen) atoms. The topological polar surface area (TPSA) is 107 Å². The molecule has 1 aromatic heterocycles. The molecule has 0 saturated heterocycles. The van der Waals surface area contributed by atoms with Gasteiger partial charge in [-0.1, -0.05) is 60.4 Å². The Morgan fingerprint density at radius 1 is 1.07 bits per heavy atom. The molecule has 10 heteroatoms. The smallest absolute Gasteiger partial charge is 0.338 e.